The molecule has 0 amide bonds. The van der Waals surface area contributed by atoms with Gasteiger partial charge in [-0.15, -0.1) is 0 Å². The summed E-state index contributed by atoms with van der Waals surface area (Å²) in [7, 11) is 1.65. The Morgan fingerprint density at radius 2 is 2.17 bits per heavy atom. The van der Waals surface area contributed by atoms with Gasteiger partial charge in [0.05, 0.1) is 7.11 Å². The normalized spacial score (nSPS) is 10.8. The number of benzene rings is 1. The van der Waals surface area contributed by atoms with Gasteiger partial charge in [-0.2, -0.15) is 0 Å². The molecule has 1 heterocycles. The highest BCUT2D eigenvalue weighted by molar-refractivity contribution is 5.82. The maximum absolute atomic E-state index is 10.5. The highest BCUT2D eigenvalue weighted by atomic mass is 16.5. The maximum Gasteiger partial charge on any atom is 0.303 e. The summed E-state index contributed by atoms with van der Waals surface area (Å²) in [5.41, 5.74) is 2.27. The van der Waals surface area contributed by atoms with Crippen molar-refractivity contribution >= 4 is 16.9 Å². The Kier molecular flexibility index (Phi) is 3.55. The second-order valence-corrected chi connectivity index (χ2v) is 4.36. The van der Waals surface area contributed by atoms with E-state index in [1.54, 1.807) is 7.11 Å². The molecule has 0 aliphatic heterocycles. The number of ether oxygens (including phenoxy) is 1. The number of aryl methyl sites for hydroxylation is 2. The van der Waals surface area contributed by atoms with E-state index < -0.39 is 5.97 Å². The van der Waals surface area contributed by atoms with E-state index in [2.05, 4.69) is 10.6 Å². The molecule has 0 spiro atoms. The number of hydrogen-bond acceptors (Lipinski definition) is 2. The Labute approximate surface area is 106 Å². The van der Waals surface area contributed by atoms with Gasteiger partial charge >= 0.3 is 5.97 Å². The van der Waals surface area contributed by atoms with Gasteiger partial charge in [0, 0.05) is 29.6 Å². The molecule has 1 N–H and O–H groups in total. The second-order valence-electron chi connectivity index (χ2n) is 4.36. The van der Waals surface area contributed by atoms with E-state index >= 15 is 0 Å². The number of aliphatic carboxylic acids is 1. The standard InChI is InChI=1S/C14H17NO3/c1-10-8-11-9-12(18-2)5-6-13(11)15(10)7-3-4-14(16)17/h5-6,8-9H,3-4,7H2,1-2H3,(H,16,17). The van der Waals surface area contributed by atoms with Crippen molar-refractivity contribution < 1.29 is 14.6 Å². The molecular weight excluding hydrogens is 230 g/mol. The third kappa shape index (κ3) is 2.47. The monoisotopic (exact) mass is 247 g/mol. The van der Waals surface area contributed by atoms with Crippen molar-refractivity contribution in [2.24, 2.45) is 0 Å². The van der Waals surface area contributed by atoms with Gasteiger partial charge in [-0.3, -0.25) is 4.79 Å². The summed E-state index contributed by atoms with van der Waals surface area (Å²) in [6, 6.07) is 8.03. The van der Waals surface area contributed by atoms with Crippen molar-refractivity contribution in [3.8, 4) is 5.75 Å². The van der Waals surface area contributed by atoms with Crippen molar-refractivity contribution in [2.45, 2.75) is 26.3 Å². The number of aromatic nitrogens is 1. The fourth-order valence-electron chi connectivity index (χ4n) is 2.20. The summed E-state index contributed by atoms with van der Waals surface area (Å²) >= 11 is 0. The van der Waals surface area contributed by atoms with E-state index in [0.717, 1.165) is 28.9 Å². The molecule has 4 heteroatoms. The first kappa shape index (κ1) is 12.5. The Morgan fingerprint density at radius 1 is 1.39 bits per heavy atom. The third-order valence-corrected chi connectivity index (χ3v) is 3.09. The van der Waals surface area contributed by atoms with Crippen molar-refractivity contribution in [2.75, 3.05) is 7.11 Å². The highest BCUT2D eigenvalue weighted by Gasteiger charge is 2.07. The molecule has 0 radical (unpaired) electrons. The molecule has 2 aromatic rings. The largest absolute Gasteiger partial charge is 0.497 e. The van der Waals surface area contributed by atoms with Gasteiger partial charge in [0.25, 0.3) is 0 Å². The Hall–Kier alpha value is -1.97. The zero-order chi connectivity index (χ0) is 13.1. The van der Waals surface area contributed by atoms with Crippen LogP contribution in [0.25, 0.3) is 10.9 Å². The lowest BCUT2D eigenvalue weighted by molar-refractivity contribution is -0.137. The number of carbonyl (C=O) groups is 1. The smallest absolute Gasteiger partial charge is 0.303 e. The quantitative estimate of drug-likeness (QED) is 0.883. The molecule has 0 unspecified atom stereocenters. The first-order chi connectivity index (χ1) is 8.61. The topological polar surface area (TPSA) is 51.5 Å². The van der Waals surface area contributed by atoms with E-state index in [1.807, 2.05) is 25.1 Å². The number of rotatable bonds is 5. The van der Waals surface area contributed by atoms with Gasteiger partial charge in [-0.05, 0) is 37.6 Å². The minimum atomic E-state index is -0.745. The van der Waals surface area contributed by atoms with Gasteiger partial charge < -0.3 is 14.4 Å². The van der Waals surface area contributed by atoms with E-state index in [-0.39, 0.29) is 6.42 Å². The minimum absolute atomic E-state index is 0.204. The average molecular weight is 247 g/mol. The lowest BCUT2D eigenvalue weighted by atomic mass is 10.2. The third-order valence-electron chi connectivity index (χ3n) is 3.09. The summed E-state index contributed by atoms with van der Waals surface area (Å²) in [5.74, 6) is 0.0935. The van der Waals surface area contributed by atoms with Crippen molar-refractivity contribution in [1.29, 1.82) is 0 Å². The van der Waals surface area contributed by atoms with Crippen LogP contribution in [0.15, 0.2) is 24.3 Å². The number of carboxylic acid groups (broad SMARTS) is 1. The fraction of sp³-hybridized carbons (Fsp3) is 0.357. The zero-order valence-corrected chi connectivity index (χ0v) is 10.6. The van der Waals surface area contributed by atoms with Gasteiger partial charge in [0.15, 0.2) is 0 Å². The summed E-state index contributed by atoms with van der Waals surface area (Å²) in [6.07, 6.45) is 0.848. The summed E-state index contributed by atoms with van der Waals surface area (Å²) < 4.78 is 7.35. The molecule has 0 saturated carbocycles. The van der Waals surface area contributed by atoms with Gasteiger partial charge in [-0.25, -0.2) is 0 Å². The number of hydrogen-bond donors (Lipinski definition) is 1. The van der Waals surface area contributed by atoms with Gasteiger partial charge in [-0.1, -0.05) is 0 Å². The van der Waals surface area contributed by atoms with E-state index in [9.17, 15) is 4.79 Å². The van der Waals surface area contributed by atoms with E-state index in [1.165, 1.54) is 0 Å². The van der Waals surface area contributed by atoms with Crippen molar-refractivity contribution in [3.05, 3.63) is 30.0 Å². The molecule has 0 saturated heterocycles. The summed E-state index contributed by atoms with van der Waals surface area (Å²) in [4.78, 5) is 10.5. The van der Waals surface area contributed by atoms with Crippen LogP contribution in [0, 0.1) is 6.92 Å². The van der Waals surface area contributed by atoms with E-state index in [0.29, 0.717) is 6.42 Å². The molecule has 1 aromatic heterocycles. The number of nitrogens with zero attached hydrogens (tertiary/aromatic N) is 1. The van der Waals surface area contributed by atoms with Crippen LogP contribution in [0.5, 0.6) is 5.75 Å². The molecule has 0 bridgehead atoms. The molecule has 1 aromatic carbocycles. The predicted molar refractivity (Wildman–Crippen MR) is 70.1 cm³/mol. The van der Waals surface area contributed by atoms with Gasteiger partial charge in [0.2, 0.25) is 0 Å². The Balaban J connectivity index is 2.27. The molecule has 2 rings (SSSR count). The Bertz CT molecular complexity index is 572. The van der Waals surface area contributed by atoms with Crippen LogP contribution >= 0.6 is 0 Å². The molecule has 0 aliphatic carbocycles. The van der Waals surface area contributed by atoms with Crippen LogP contribution in [0.2, 0.25) is 0 Å². The molecule has 18 heavy (non-hydrogen) atoms. The maximum atomic E-state index is 10.5. The highest BCUT2D eigenvalue weighted by Crippen LogP contribution is 2.24. The fourth-order valence-corrected chi connectivity index (χ4v) is 2.20. The average Bonchev–Trinajstić information content (AvgIpc) is 2.64. The SMILES string of the molecule is COc1ccc2c(c1)cc(C)n2CCCC(=O)O. The molecular formula is C14H17NO3. The Morgan fingerprint density at radius 3 is 2.83 bits per heavy atom. The van der Waals surface area contributed by atoms with Crippen LogP contribution in [0.1, 0.15) is 18.5 Å². The van der Waals surface area contributed by atoms with Crippen LogP contribution in [0.4, 0.5) is 0 Å². The summed E-state index contributed by atoms with van der Waals surface area (Å²) in [5, 5.41) is 9.79. The van der Waals surface area contributed by atoms with Crippen LogP contribution in [0.3, 0.4) is 0 Å². The van der Waals surface area contributed by atoms with Crippen LogP contribution in [-0.4, -0.2) is 22.8 Å². The molecule has 0 fully saturated rings. The molecule has 96 valence electrons. The minimum Gasteiger partial charge on any atom is -0.497 e. The van der Waals surface area contributed by atoms with Crippen molar-refractivity contribution in [3.63, 3.8) is 0 Å². The van der Waals surface area contributed by atoms with Crippen LogP contribution < -0.4 is 4.74 Å². The second kappa shape index (κ2) is 5.12. The lowest BCUT2D eigenvalue weighted by Crippen LogP contribution is -2.03. The zero-order valence-electron chi connectivity index (χ0n) is 10.6. The summed E-state index contributed by atoms with van der Waals surface area (Å²) in [6.45, 7) is 2.77. The first-order valence-electron chi connectivity index (χ1n) is 5.97. The molecule has 0 atom stereocenters. The van der Waals surface area contributed by atoms with Crippen LogP contribution in [-0.2, 0) is 11.3 Å². The number of methoxy groups -OCH3 is 1. The van der Waals surface area contributed by atoms with Gasteiger partial charge in [0.1, 0.15) is 5.75 Å². The molecule has 0 aliphatic rings. The number of carboxylic acids is 1. The van der Waals surface area contributed by atoms with E-state index in [4.69, 9.17) is 9.84 Å². The predicted octanol–water partition coefficient (Wildman–Crippen LogP) is 2.82. The first-order valence-corrected chi connectivity index (χ1v) is 5.97. The lowest BCUT2D eigenvalue weighted by Gasteiger charge is -2.07. The number of fused-ring (bicyclic) bond motifs is 1. The van der Waals surface area contributed by atoms with Crippen molar-refractivity contribution in [1.82, 2.24) is 4.57 Å². The molecule has 4 nitrogen and oxygen atoms in total.